The Balaban J connectivity index is 1.76. The van der Waals surface area contributed by atoms with Gasteiger partial charge in [-0.05, 0) is 44.0 Å². The molecule has 1 atom stereocenters. The number of likely N-dealkylation sites (tertiary alicyclic amines) is 1. The molecule has 1 aromatic carbocycles. The summed E-state index contributed by atoms with van der Waals surface area (Å²) in [5, 5.41) is 14.9. The Bertz CT molecular complexity index is 641. The van der Waals surface area contributed by atoms with E-state index in [1.54, 1.807) is 12.1 Å². The lowest BCUT2D eigenvalue weighted by atomic mass is 10.1. The molecule has 22 heavy (non-hydrogen) atoms. The van der Waals surface area contributed by atoms with Crippen LogP contribution in [0.25, 0.3) is 0 Å². The highest BCUT2D eigenvalue weighted by molar-refractivity contribution is 6.30. The number of benzene rings is 1. The third-order valence-corrected chi connectivity index (χ3v) is 4.43. The van der Waals surface area contributed by atoms with Gasteiger partial charge in [0.2, 0.25) is 0 Å². The van der Waals surface area contributed by atoms with E-state index >= 15 is 0 Å². The monoisotopic (exact) mass is 320 g/mol. The number of rotatable bonds is 5. The van der Waals surface area contributed by atoms with Crippen LogP contribution in [0.5, 0.6) is 5.75 Å². The molecule has 1 N–H and O–H groups in total. The maximum Gasteiger partial charge on any atom is 0.137 e. The second kappa shape index (κ2) is 6.71. The van der Waals surface area contributed by atoms with Crippen molar-refractivity contribution in [3.05, 3.63) is 46.3 Å². The van der Waals surface area contributed by atoms with E-state index in [4.69, 9.17) is 16.1 Å². The molecule has 2 heterocycles. The maximum atomic E-state index is 10.0. The van der Waals surface area contributed by atoms with Crippen molar-refractivity contribution >= 4 is 11.6 Å². The summed E-state index contributed by atoms with van der Waals surface area (Å²) in [6.07, 6.45) is 4.18. The van der Waals surface area contributed by atoms with E-state index in [-0.39, 0.29) is 6.04 Å². The zero-order chi connectivity index (χ0) is 15.5. The van der Waals surface area contributed by atoms with Crippen LogP contribution < -0.4 is 0 Å². The van der Waals surface area contributed by atoms with E-state index in [0.717, 1.165) is 49.2 Å². The van der Waals surface area contributed by atoms with Crippen LogP contribution in [0, 0.1) is 0 Å². The van der Waals surface area contributed by atoms with Crippen LogP contribution in [-0.4, -0.2) is 21.7 Å². The van der Waals surface area contributed by atoms with Crippen molar-refractivity contribution in [3.63, 3.8) is 0 Å². The second-order valence-corrected chi connectivity index (χ2v) is 6.31. The van der Waals surface area contributed by atoms with Crippen molar-refractivity contribution in [2.45, 2.75) is 45.2 Å². The normalized spacial score (nSPS) is 18.9. The van der Waals surface area contributed by atoms with Crippen molar-refractivity contribution in [1.29, 1.82) is 0 Å². The first-order chi connectivity index (χ1) is 10.7. The quantitative estimate of drug-likeness (QED) is 0.891. The van der Waals surface area contributed by atoms with E-state index in [2.05, 4.69) is 23.0 Å². The number of aromatic nitrogens is 1. The van der Waals surface area contributed by atoms with Gasteiger partial charge in [-0.1, -0.05) is 23.7 Å². The molecule has 0 aliphatic carbocycles. The summed E-state index contributed by atoms with van der Waals surface area (Å²) in [5.41, 5.74) is 1.86. The zero-order valence-electron chi connectivity index (χ0n) is 12.8. The van der Waals surface area contributed by atoms with E-state index in [1.165, 1.54) is 0 Å². The van der Waals surface area contributed by atoms with Crippen LogP contribution >= 0.6 is 11.6 Å². The molecule has 1 saturated heterocycles. The van der Waals surface area contributed by atoms with Crippen molar-refractivity contribution in [1.82, 2.24) is 10.1 Å². The minimum absolute atomic E-state index is 0.257. The van der Waals surface area contributed by atoms with E-state index in [9.17, 15) is 5.11 Å². The predicted molar refractivity (Wildman–Crippen MR) is 86.0 cm³/mol. The molecular formula is C17H21ClN2O2. The first kappa shape index (κ1) is 15.4. The molecule has 0 bridgehead atoms. The number of halogens is 1. The highest BCUT2D eigenvalue weighted by Gasteiger charge is 2.29. The molecule has 0 radical (unpaired) electrons. The fraction of sp³-hybridized carbons (Fsp3) is 0.471. The number of nitrogens with zero attached hydrogens (tertiary/aromatic N) is 2. The van der Waals surface area contributed by atoms with Gasteiger partial charge in [0.1, 0.15) is 17.2 Å². The molecular weight excluding hydrogens is 300 g/mol. The molecule has 1 aromatic heterocycles. The molecule has 0 amide bonds. The summed E-state index contributed by atoms with van der Waals surface area (Å²) in [4.78, 5) is 2.33. The van der Waals surface area contributed by atoms with Gasteiger partial charge in [-0.2, -0.15) is 0 Å². The Hall–Kier alpha value is -1.52. The Kier molecular flexibility index (Phi) is 4.69. The van der Waals surface area contributed by atoms with Crippen LogP contribution in [0.4, 0.5) is 0 Å². The molecule has 4 nitrogen and oxygen atoms in total. The summed E-state index contributed by atoms with van der Waals surface area (Å²) in [5.74, 6) is 1.25. The Labute approximate surface area is 135 Å². The molecule has 1 aliphatic heterocycles. The minimum atomic E-state index is 0.257. The van der Waals surface area contributed by atoms with Crippen molar-refractivity contribution in [2.75, 3.05) is 6.54 Å². The topological polar surface area (TPSA) is 49.5 Å². The molecule has 5 heteroatoms. The molecule has 2 aromatic rings. The highest BCUT2D eigenvalue weighted by Crippen LogP contribution is 2.34. The van der Waals surface area contributed by atoms with Gasteiger partial charge in [-0.3, -0.25) is 4.90 Å². The van der Waals surface area contributed by atoms with Crippen LogP contribution in [-0.2, 0) is 13.0 Å². The number of aromatic hydroxyl groups is 1. The average Bonchev–Trinajstić information content (AvgIpc) is 3.12. The Morgan fingerprint density at radius 3 is 3.09 bits per heavy atom. The largest absolute Gasteiger partial charge is 0.508 e. The lowest BCUT2D eigenvalue weighted by molar-refractivity contribution is 0.233. The van der Waals surface area contributed by atoms with Crippen LogP contribution in [0.1, 0.15) is 49.2 Å². The number of hydrogen-bond acceptors (Lipinski definition) is 4. The van der Waals surface area contributed by atoms with Gasteiger partial charge in [0.05, 0.1) is 6.04 Å². The number of aryl methyl sites for hydroxylation is 1. The fourth-order valence-corrected chi connectivity index (χ4v) is 3.29. The summed E-state index contributed by atoms with van der Waals surface area (Å²) in [7, 11) is 0. The van der Waals surface area contributed by atoms with Gasteiger partial charge in [0, 0.05) is 29.6 Å². The van der Waals surface area contributed by atoms with Gasteiger partial charge in [0.25, 0.3) is 0 Å². The maximum absolute atomic E-state index is 10.0. The van der Waals surface area contributed by atoms with Gasteiger partial charge < -0.3 is 9.63 Å². The smallest absolute Gasteiger partial charge is 0.137 e. The van der Waals surface area contributed by atoms with Crippen LogP contribution in [0.3, 0.4) is 0 Å². The first-order valence-corrected chi connectivity index (χ1v) is 8.22. The van der Waals surface area contributed by atoms with Gasteiger partial charge in [-0.25, -0.2) is 0 Å². The summed E-state index contributed by atoms with van der Waals surface area (Å²) in [6, 6.07) is 7.52. The lowest BCUT2D eigenvalue weighted by Gasteiger charge is -2.23. The van der Waals surface area contributed by atoms with Crippen molar-refractivity contribution < 1.29 is 9.63 Å². The van der Waals surface area contributed by atoms with E-state index in [1.807, 2.05) is 6.07 Å². The summed E-state index contributed by atoms with van der Waals surface area (Å²) < 4.78 is 5.41. The zero-order valence-corrected chi connectivity index (χ0v) is 13.5. The summed E-state index contributed by atoms with van der Waals surface area (Å²) in [6.45, 7) is 3.80. The van der Waals surface area contributed by atoms with Gasteiger partial charge >= 0.3 is 0 Å². The lowest BCUT2D eigenvalue weighted by Crippen LogP contribution is -2.23. The molecule has 0 spiro atoms. The number of hydrogen-bond donors (Lipinski definition) is 1. The Morgan fingerprint density at radius 1 is 1.41 bits per heavy atom. The van der Waals surface area contributed by atoms with E-state index in [0.29, 0.717) is 17.3 Å². The van der Waals surface area contributed by atoms with Crippen LogP contribution in [0.2, 0.25) is 5.02 Å². The third kappa shape index (κ3) is 3.28. The molecule has 118 valence electrons. The minimum Gasteiger partial charge on any atom is -0.508 e. The fourth-order valence-electron chi connectivity index (χ4n) is 3.10. The van der Waals surface area contributed by atoms with Crippen molar-refractivity contribution in [2.24, 2.45) is 0 Å². The molecule has 1 fully saturated rings. The summed E-state index contributed by atoms with van der Waals surface area (Å²) >= 11 is 6.04. The van der Waals surface area contributed by atoms with E-state index < -0.39 is 0 Å². The average molecular weight is 321 g/mol. The second-order valence-electron chi connectivity index (χ2n) is 5.87. The van der Waals surface area contributed by atoms with Crippen molar-refractivity contribution in [3.8, 4) is 5.75 Å². The molecule has 1 unspecified atom stereocenters. The predicted octanol–water partition coefficient (Wildman–Crippen LogP) is 4.32. The first-order valence-electron chi connectivity index (χ1n) is 7.84. The highest BCUT2D eigenvalue weighted by atomic mass is 35.5. The number of phenols is 1. The number of phenolic OH excluding ortho intramolecular Hbond substituents is 1. The SMILES string of the molecule is CCCc1cc(C2CCCN2Cc2cc(Cl)ccc2O)no1. The standard InChI is InChI=1S/C17H21ClN2O2/c1-2-4-14-10-15(19-22-14)16-5-3-8-20(16)11-12-9-13(18)6-7-17(12)21/h6-7,9-10,16,21H,2-5,8,11H2,1H3. The van der Waals surface area contributed by atoms with Crippen LogP contribution in [0.15, 0.2) is 28.8 Å². The molecule has 0 saturated carbocycles. The molecule has 3 rings (SSSR count). The van der Waals surface area contributed by atoms with Gasteiger partial charge in [-0.15, -0.1) is 0 Å². The third-order valence-electron chi connectivity index (χ3n) is 4.19. The van der Waals surface area contributed by atoms with Gasteiger partial charge in [0.15, 0.2) is 0 Å². The molecule has 1 aliphatic rings. The Morgan fingerprint density at radius 2 is 2.27 bits per heavy atom.